The molecular formula is C26H19ClF3N5O3S. The van der Waals surface area contributed by atoms with Crippen LogP contribution in [0.25, 0.3) is 21.3 Å². The van der Waals surface area contributed by atoms with Gasteiger partial charge in [-0.05, 0) is 43.2 Å². The van der Waals surface area contributed by atoms with Gasteiger partial charge in [-0.2, -0.15) is 18.3 Å². The summed E-state index contributed by atoms with van der Waals surface area (Å²) >= 11 is 6.86. The summed E-state index contributed by atoms with van der Waals surface area (Å²) in [5, 5.41) is 7.63. The molecule has 0 aliphatic rings. The Kier molecular flexibility index (Phi) is 6.69. The Morgan fingerprint density at radius 3 is 2.49 bits per heavy atom. The zero-order valence-electron chi connectivity index (χ0n) is 20.4. The SMILES string of the molecule is Cc1nn(Cc2ccc(C(=O)Nc3c(C(N)=O)sc4nc(C(F)(F)F)cc(-c5ccccc5)c34)o2)c(C)c1Cl. The van der Waals surface area contributed by atoms with Gasteiger partial charge in [-0.3, -0.25) is 14.3 Å². The number of thiophene rings is 1. The highest BCUT2D eigenvalue weighted by Crippen LogP contribution is 2.43. The largest absolute Gasteiger partial charge is 0.454 e. The molecule has 0 aliphatic carbocycles. The average molecular weight is 574 g/mol. The molecule has 0 bridgehead atoms. The number of aromatic nitrogens is 3. The van der Waals surface area contributed by atoms with Gasteiger partial charge in [0.2, 0.25) is 0 Å². The lowest BCUT2D eigenvalue weighted by Crippen LogP contribution is -2.16. The molecule has 4 heterocycles. The third-order valence-electron chi connectivity index (χ3n) is 5.98. The smallest absolute Gasteiger partial charge is 0.433 e. The molecule has 1 aromatic carbocycles. The minimum Gasteiger partial charge on any atom is -0.454 e. The number of hydrogen-bond acceptors (Lipinski definition) is 6. The van der Waals surface area contributed by atoms with Gasteiger partial charge >= 0.3 is 6.18 Å². The number of anilines is 1. The number of nitrogens with two attached hydrogens (primary N) is 1. The van der Waals surface area contributed by atoms with Gasteiger partial charge in [0.05, 0.1) is 28.6 Å². The fourth-order valence-electron chi connectivity index (χ4n) is 4.12. The Balaban J connectivity index is 1.56. The first-order valence-electron chi connectivity index (χ1n) is 11.4. The maximum Gasteiger partial charge on any atom is 0.433 e. The molecule has 0 atom stereocenters. The monoisotopic (exact) mass is 573 g/mol. The number of halogens is 4. The minimum atomic E-state index is -4.74. The standard InChI is InChI=1S/C26H19ClF3N5O3S/c1-12-20(27)13(2)35(34-12)11-15-8-9-17(38-15)24(37)33-21-19-16(14-6-4-3-5-7-14)10-18(26(28,29)30)32-25(19)39-22(21)23(31)36/h3-10H,11H2,1-2H3,(H2,31,36)(H,33,37). The molecule has 3 N–H and O–H groups in total. The summed E-state index contributed by atoms with van der Waals surface area (Å²) in [6.07, 6.45) is -4.74. The molecule has 0 fully saturated rings. The maximum absolute atomic E-state index is 13.7. The molecule has 5 aromatic rings. The molecule has 13 heteroatoms. The van der Waals surface area contributed by atoms with Gasteiger partial charge in [-0.15, -0.1) is 11.3 Å². The Morgan fingerprint density at radius 1 is 1.15 bits per heavy atom. The van der Waals surface area contributed by atoms with Crippen molar-refractivity contribution in [2.24, 2.45) is 5.73 Å². The van der Waals surface area contributed by atoms with E-state index in [0.29, 0.717) is 33.4 Å². The van der Waals surface area contributed by atoms with Crippen LogP contribution in [0.1, 0.15) is 43.1 Å². The number of carbonyl (C=O) groups is 2. The normalized spacial score (nSPS) is 11.7. The third kappa shape index (κ3) is 5.00. The number of primary amides is 1. The molecule has 200 valence electrons. The predicted molar refractivity (Wildman–Crippen MR) is 141 cm³/mol. The van der Waals surface area contributed by atoms with Crippen LogP contribution in [-0.2, 0) is 12.7 Å². The number of fused-ring (bicyclic) bond motifs is 1. The molecule has 8 nitrogen and oxygen atoms in total. The van der Waals surface area contributed by atoms with Crippen LogP contribution in [-0.4, -0.2) is 26.6 Å². The van der Waals surface area contributed by atoms with E-state index in [1.807, 2.05) is 0 Å². The second-order valence-electron chi connectivity index (χ2n) is 8.63. The summed E-state index contributed by atoms with van der Waals surface area (Å²) in [6.45, 7) is 3.78. The van der Waals surface area contributed by atoms with E-state index in [1.165, 1.54) is 6.07 Å². The lowest BCUT2D eigenvalue weighted by Gasteiger charge is -2.12. The van der Waals surface area contributed by atoms with E-state index in [9.17, 15) is 22.8 Å². The van der Waals surface area contributed by atoms with Gasteiger partial charge in [0.25, 0.3) is 11.8 Å². The fraction of sp³-hybridized carbons (Fsp3) is 0.154. The topological polar surface area (TPSA) is 116 Å². The molecule has 2 amide bonds. The molecule has 0 spiro atoms. The number of rotatable bonds is 6. The lowest BCUT2D eigenvalue weighted by atomic mass is 10.0. The maximum atomic E-state index is 13.7. The number of hydrogen-bond donors (Lipinski definition) is 2. The third-order valence-corrected chi connectivity index (χ3v) is 7.63. The van der Waals surface area contributed by atoms with E-state index in [1.54, 1.807) is 54.9 Å². The van der Waals surface area contributed by atoms with E-state index in [2.05, 4.69) is 15.4 Å². The molecular weight excluding hydrogens is 555 g/mol. The Morgan fingerprint density at radius 2 is 1.87 bits per heavy atom. The molecule has 39 heavy (non-hydrogen) atoms. The van der Waals surface area contributed by atoms with Crippen molar-refractivity contribution in [1.82, 2.24) is 14.8 Å². The first-order chi connectivity index (χ1) is 18.4. The van der Waals surface area contributed by atoms with Crippen molar-refractivity contribution in [2.75, 3.05) is 5.32 Å². The van der Waals surface area contributed by atoms with Gasteiger partial charge in [0, 0.05) is 5.39 Å². The zero-order chi connectivity index (χ0) is 28.1. The zero-order valence-corrected chi connectivity index (χ0v) is 22.0. The average Bonchev–Trinajstić information content (AvgIpc) is 3.57. The number of nitrogens with one attached hydrogen (secondary N) is 1. The van der Waals surface area contributed by atoms with Crippen LogP contribution in [0.4, 0.5) is 18.9 Å². The van der Waals surface area contributed by atoms with Crippen molar-refractivity contribution < 1.29 is 27.2 Å². The summed E-state index contributed by atoms with van der Waals surface area (Å²) in [5.74, 6) is -1.33. The van der Waals surface area contributed by atoms with E-state index < -0.39 is 23.7 Å². The predicted octanol–water partition coefficient (Wildman–Crippen LogP) is 6.44. The second-order valence-corrected chi connectivity index (χ2v) is 10.0. The van der Waals surface area contributed by atoms with Crippen LogP contribution in [0, 0.1) is 13.8 Å². The van der Waals surface area contributed by atoms with Crippen LogP contribution in [0.15, 0.2) is 52.9 Å². The van der Waals surface area contributed by atoms with Crippen LogP contribution < -0.4 is 11.1 Å². The number of nitrogens with zero attached hydrogens (tertiary/aromatic N) is 3. The van der Waals surface area contributed by atoms with Crippen molar-refractivity contribution in [3.8, 4) is 11.1 Å². The Hall–Kier alpha value is -4.16. The molecule has 4 aromatic heterocycles. The van der Waals surface area contributed by atoms with Gasteiger partial charge in [-0.1, -0.05) is 41.9 Å². The summed E-state index contributed by atoms with van der Waals surface area (Å²) in [6, 6.07) is 12.2. The van der Waals surface area contributed by atoms with Crippen molar-refractivity contribution in [3.05, 3.63) is 87.0 Å². The highest BCUT2D eigenvalue weighted by atomic mass is 35.5. The summed E-state index contributed by atoms with van der Waals surface area (Å²) in [4.78, 5) is 29.0. The molecule has 5 rings (SSSR count). The number of benzene rings is 1. The summed E-state index contributed by atoms with van der Waals surface area (Å²) in [7, 11) is 0. The molecule has 0 saturated heterocycles. The minimum absolute atomic E-state index is 0.0455. The van der Waals surface area contributed by atoms with Crippen LogP contribution >= 0.6 is 22.9 Å². The number of amides is 2. The van der Waals surface area contributed by atoms with Crippen molar-refractivity contribution >= 4 is 50.7 Å². The summed E-state index contributed by atoms with van der Waals surface area (Å²) in [5.41, 5.74) is 6.32. The molecule has 0 saturated carbocycles. The first kappa shape index (κ1) is 26.4. The van der Waals surface area contributed by atoms with E-state index in [-0.39, 0.29) is 38.6 Å². The van der Waals surface area contributed by atoms with E-state index >= 15 is 0 Å². The Labute approximate surface area is 228 Å². The van der Waals surface area contributed by atoms with Crippen molar-refractivity contribution in [1.29, 1.82) is 0 Å². The van der Waals surface area contributed by atoms with Gasteiger partial charge in [-0.25, -0.2) is 4.98 Å². The first-order valence-corrected chi connectivity index (χ1v) is 12.6. The number of pyridine rings is 1. The fourth-order valence-corrected chi connectivity index (χ4v) is 5.26. The molecule has 0 radical (unpaired) electrons. The van der Waals surface area contributed by atoms with E-state index in [0.717, 1.165) is 11.8 Å². The van der Waals surface area contributed by atoms with Gasteiger partial charge in [0.15, 0.2) is 5.76 Å². The van der Waals surface area contributed by atoms with E-state index in [4.69, 9.17) is 21.8 Å². The number of furan rings is 1. The Bertz CT molecular complexity index is 1740. The number of carbonyl (C=O) groups excluding carboxylic acids is 2. The highest BCUT2D eigenvalue weighted by molar-refractivity contribution is 7.21. The van der Waals surface area contributed by atoms with Crippen LogP contribution in [0.3, 0.4) is 0 Å². The molecule has 0 aliphatic heterocycles. The summed E-state index contributed by atoms with van der Waals surface area (Å²) < 4.78 is 48.3. The van der Waals surface area contributed by atoms with Crippen molar-refractivity contribution in [3.63, 3.8) is 0 Å². The highest BCUT2D eigenvalue weighted by Gasteiger charge is 2.35. The second kappa shape index (κ2) is 9.86. The van der Waals surface area contributed by atoms with Gasteiger partial charge in [0.1, 0.15) is 21.2 Å². The lowest BCUT2D eigenvalue weighted by molar-refractivity contribution is -0.140. The van der Waals surface area contributed by atoms with Crippen molar-refractivity contribution in [2.45, 2.75) is 26.6 Å². The molecule has 0 unspecified atom stereocenters. The van der Waals surface area contributed by atoms with Crippen LogP contribution in [0.2, 0.25) is 5.02 Å². The number of aryl methyl sites for hydroxylation is 1. The number of alkyl halides is 3. The van der Waals surface area contributed by atoms with Crippen LogP contribution in [0.5, 0.6) is 0 Å². The van der Waals surface area contributed by atoms with Gasteiger partial charge < -0.3 is 15.5 Å². The quantitative estimate of drug-likeness (QED) is 0.242.